The van der Waals surface area contributed by atoms with Gasteiger partial charge in [-0.3, -0.25) is 0 Å². The standard InChI is InChI=1S/C13H9N5O.C2H6/c1-2-4-8(5-3-1)17-12-10-9(14-6-15-12)11-13(18-10)19-7-16-11;1-2/h1-7,18H,(H,14,15,17);1-2H3. The average Bonchev–Trinajstić information content (AvgIpc) is 3.12. The zero-order valence-corrected chi connectivity index (χ0v) is 11.8. The van der Waals surface area contributed by atoms with Gasteiger partial charge in [0, 0.05) is 5.69 Å². The first-order valence-corrected chi connectivity index (χ1v) is 6.80. The summed E-state index contributed by atoms with van der Waals surface area (Å²) in [6.45, 7) is 4.00. The second-order valence-corrected chi connectivity index (χ2v) is 4.09. The van der Waals surface area contributed by atoms with Crippen LogP contribution in [-0.2, 0) is 0 Å². The predicted octanol–water partition coefficient (Wildman–Crippen LogP) is 3.87. The van der Waals surface area contributed by atoms with E-state index in [0.717, 1.165) is 16.7 Å². The van der Waals surface area contributed by atoms with Gasteiger partial charge in [-0.05, 0) is 12.1 Å². The number of fused-ring (bicyclic) bond motifs is 3. The number of rotatable bonds is 2. The van der Waals surface area contributed by atoms with E-state index < -0.39 is 0 Å². The molecule has 0 spiro atoms. The molecule has 106 valence electrons. The molecule has 3 aromatic heterocycles. The summed E-state index contributed by atoms with van der Waals surface area (Å²) in [5.74, 6) is 0.699. The summed E-state index contributed by atoms with van der Waals surface area (Å²) < 4.78 is 5.25. The molecule has 3 heterocycles. The third kappa shape index (κ3) is 2.31. The molecule has 0 unspecified atom stereocenters. The van der Waals surface area contributed by atoms with Crippen LogP contribution in [0.15, 0.2) is 47.5 Å². The molecule has 4 aromatic rings. The highest BCUT2D eigenvalue weighted by Gasteiger charge is 2.13. The Hall–Kier alpha value is -2.89. The molecule has 0 bridgehead atoms. The number of nitrogens with one attached hydrogen (secondary N) is 2. The molecule has 21 heavy (non-hydrogen) atoms. The van der Waals surface area contributed by atoms with E-state index in [0.29, 0.717) is 17.0 Å². The molecule has 0 aliphatic carbocycles. The number of anilines is 2. The van der Waals surface area contributed by atoms with Crippen molar-refractivity contribution in [1.82, 2.24) is 19.9 Å². The van der Waals surface area contributed by atoms with Gasteiger partial charge >= 0.3 is 0 Å². The monoisotopic (exact) mass is 281 g/mol. The highest BCUT2D eigenvalue weighted by atomic mass is 16.3. The van der Waals surface area contributed by atoms with E-state index in [2.05, 4.69) is 25.3 Å². The largest absolute Gasteiger partial charge is 0.427 e. The molecular formula is C15H15N5O. The van der Waals surface area contributed by atoms with E-state index in [1.54, 1.807) is 0 Å². The van der Waals surface area contributed by atoms with Crippen molar-refractivity contribution in [3.8, 4) is 0 Å². The van der Waals surface area contributed by atoms with Crippen molar-refractivity contribution in [3.05, 3.63) is 43.1 Å². The fraction of sp³-hybridized carbons (Fsp3) is 0.133. The summed E-state index contributed by atoms with van der Waals surface area (Å²) >= 11 is 0. The van der Waals surface area contributed by atoms with Crippen LogP contribution in [0.4, 0.5) is 11.5 Å². The minimum Gasteiger partial charge on any atom is -0.427 e. The van der Waals surface area contributed by atoms with Gasteiger partial charge in [-0.25, -0.2) is 15.0 Å². The van der Waals surface area contributed by atoms with Gasteiger partial charge in [0.25, 0.3) is 0 Å². The summed E-state index contributed by atoms with van der Waals surface area (Å²) in [6, 6.07) is 9.83. The Kier molecular flexibility index (Phi) is 3.51. The topological polar surface area (TPSA) is 79.6 Å². The Balaban J connectivity index is 0.000000636. The van der Waals surface area contributed by atoms with Crippen LogP contribution in [0.3, 0.4) is 0 Å². The van der Waals surface area contributed by atoms with Gasteiger partial charge in [-0.15, -0.1) is 0 Å². The van der Waals surface area contributed by atoms with Crippen molar-refractivity contribution in [1.29, 1.82) is 0 Å². The van der Waals surface area contributed by atoms with Gasteiger partial charge < -0.3 is 14.7 Å². The lowest BCUT2D eigenvalue weighted by molar-refractivity contribution is 0.592. The fourth-order valence-electron chi connectivity index (χ4n) is 2.05. The maximum absolute atomic E-state index is 5.25. The lowest BCUT2D eigenvalue weighted by Gasteiger charge is -2.05. The van der Waals surface area contributed by atoms with Crippen LogP contribution in [0.25, 0.3) is 22.3 Å². The number of hydrogen-bond donors (Lipinski definition) is 2. The van der Waals surface area contributed by atoms with Crippen LogP contribution in [0.5, 0.6) is 0 Å². The molecule has 2 N–H and O–H groups in total. The molecule has 6 heteroatoms. The van der Waals surface area contributed by atoms with Crippen LogP contribution >= 0.6 is 0 Å². The highest BCUT2D eigenvalue weighted by Crippen LogP contribution is 2.27. The van der Waals surface area contributed by atoms with E-state index in [1.165, 1.54) is 12.7 Å². The van der Waals surface area contributed by atoms with E-state index >= 15 is 0 Å². The quantitative estimate of drug-likeness (QED) is 0.583. The molecule has 4 rings (SSSR count). The smallest absolute Gasteiger partial charge is 0.227 e. The summed E-state index contributed by atoms with van der Waals surface area (Å²) in [6.07, 6.45) is 2.91. The van der Waals surface area contributed by atoms with Crippen molar-refractivity contribution in [2.45, 2.75) is 13.8 Å². The molecule has 6 nitrogen and oxygen atoms in total. The lowest BCUT2D eigenvalue weighted by atomic mass is 10.3. The van der Waals surface area contributed by atoms with Gasteiger partial charge in [0.05, 0.1) is 0 Å². The maximum atomic E-state index is 5.25. The van der Waals surface area contributed by atoms with Gasteiger partial charge in [0.2, 0.25) is 5.71 Å². The minimum atomic E-state index is 0.603. The molecule has 0 radical (unpaired) electrons. The molecule has 0 atom stereocenters. The van der Waals surface area contributed by atoms with Crippen LogP contribution in [-0.4, -0.2) is 19.9 Å². The summed E-state index contributed by atoms with van der Waals surface area (Å²) in [4.78, 5) is 15.8. The Morgan fingerprint density at radius 3 is 2.62 bits per heavy atom. The molecule has 0 amide bonds. The number of para-hydroxylation sites is 1. The minimum absolute atomic E-state index is 0.603. The number of nitrogens with zero attached hydrogens (tertiary/aromatic N) is 3. The van der Waals surface area contributed by atoms with Crippen LogP contribution in [0.2, 0.25) is 0 Å². The number of aromatic amines is 1. The van der Waals surface area contributed by atoms with Crippen LogP contribution in [0, 0.1) is 0 Å². The Morgan fingerprint density at radius 1 is 1.00 bits per heavy atom. The van der Waals surface area contributed by atoms with Crippen molar-refractivity contribution in [2.24, 2.45) is 0 Å². The molecule has 0 aliphatic rings. The number of benzene rings is 1. The molecule has 0 saturated carbocycles. The van der Waals surface area contributed by atoms with Gasteiger partial charge in [-0.1, -0.05) is 32.0 Å². The zero-order chi connectivity index (χ0) is 14.7. The third-order valence-corrected chi connectivity index (χ3v) is 2.91. The van der Waals surface area contributed by atoms with Crippen molar-refractivity contribution >= 4 is 33.8 Å². The third-order valence-electron chi connectivity index (χ3n) is 2.91. The van der Waals surface area contributed by atoms with Crippen molar-refractivity contribution in [3.63, 3.8) is 0 Å². The molecule has 1 aromatic carbocycles. The maximum Gasteiger partial charge on any atom is 0.227 e. The average molecular weight is 281 g/mol. The van der Waals surface area contributed by atoms with Crippen molar-refractivity contribution in [2.75, 3.05) is 5.32 Å². The van der Waals surface area contributed by atoms with E-state index in [4.69, 9.17) is 4.42 Å². The lowest BCUT2D eigenvalue weighted by Crippen LogP contribution is -1.95. The number of H-pyrrole nitrogens is 1. The Bertz CT molecular complexity index is 850. The van der Waals surface area contributed by atoms with Gasteiger partial charge in [-0.2, -0.15) is 0 Å². The zero-order valence-electron chi connectivity index (χ0n) is 11.8. The Morgan fingerprint density at radius 2 is 1.81 bits per heavy atom. The molecule has 0 aliphatic heterocycles. The number of aromatic nitrogens is 4. The normalized spacial score (nSPS) is 10.4. The highest BCUT2D eigenvalue weighted by molar-refractivity contribution is 6.04. The first kappa shape index (κ1) is 13.1. The second-order valence-electron chi connectivity index (χ2n) is 4.09. The Labute approximate surface area is 121 Å². The SMILES string of the molecule is CC.c1ccc(Nc2ncnc3c2[nH]c2ocnc23)cc1. The fourth-order valence-corrected chi connectivity index (χ4v) is 2.05. The van der Waals surface area contributed by atoms with Crippen LogP contribution in [0.1, 0.15) is 13.8 Å². The summed E-state index contributed by atoms with van der Waals surface area (Å²) in [5.41, 5.74) is 3.81. The van der Waals surface area contributed by atoms with E-state index in [1.807, 2.05) is 44.2 Å². The van der Waals surface area contributed by atoms with E-state index in [-0.39, 0.29) is 0 Å². The first-order valence-electron chi connectivity index (χ1n) is 6.80. The number of hydrogen-bond acceptors (Lipinski definition) is 5. The molecule has 0 fully saturated rings. The second kappa shape index (κ2) is 5.62. The summed E-state index contributed by atoms with van der Waals surface area (Å²) in [7, 11) is 0. The molecule has 0 saturated heterocycles. The van der Waals surface area contributed by atoms with E-state index in [9.17, 15) is 0 Å². The molecular weight excluding hydrogens is 266 g/mol. The van der Waals surface area contributed by atoms with Crippen molar-refractivity contribution < 1.29 is 4.42 Å². The van der Waals surface area contributed by atoms with Gasteiger partial charge in [0.15, 0.2) is 17.7 Å². The first-order chi connectivity index (χ1) is 10.4. The number of oxazole rings is 1. The van der Waals surface area contributed by atoms with Gasteiger partial charge in [0.1, 0.15) is 17.4 Å². The predicted molar refractivity (Wildman–Crippen MR) is 82.5 cm³/mol. The summed E-state index contributed by atoms with van der Waals surface area (Å²) in [5, 5.41) is 3.25. The van der Waals surface area contributed by atoms with Crippen LogP contribution < -0.4 is 5.32 Å².